The summed E-state index contributed by atoms with van der Waals surface area (Å²) in [7, 11) is -3.23. The van der Waals surface area contributed by atoms with E-state index in [0.29, 0.717) is 43.9 Å². The van der Waals surface area contributed by atoms with Gasteiger partial charge in [-0.15, -0.1) is 12.4 Å². The van der Waals surface area contributed by atoms with Crippen LogP contribution in [0, 0.1) is 5.41 Å². The number of benzene rings is 1. The van der Waals surface area contributed by atoms with Crippen LogP contribution in [0.2, 0.25) is 0 Å². The van der Waals surface area contributed by atoms with Crippen molar-refractivity contribution in [3.63, 3.8) is 0 Å². The third kappa shape index (κ3) is 3.53. The normalized spacial score (nSPS) is 25.6. The first kappa shape index (κ1) is 19.0. The van der Waals surface area contributed by atoms with Gasteiger partial charge in [0, 0.05) is 25.2 Å². The van der Waals surface area contributed by atoms with Crippen molar-refractivity contribution in [2.75, 3.05) is 36.2 Å². The van der Waals surface area contributed by atoms with Gasteiger partial charge < -0.3 is 10.6 Å². The van der Waals surface area contributed by atoms with E-state index in [1.807, 2.05) is 4.90 Å². The van der Waals surface area contributed by atoms with Crippen LogP contribution in [0.25, 0.3) is 0 Å². The molecule has 2 N–H and O–H groups in total. The van der Waals surface area contributed by atoms with Crippen molar-refractivity contribution in [2.45, 2.75) is 19.8 Å². The summed E-state index contributed by atoms with van der Waals surface area (Å²) < 4.78 is 25.5. The first-order valence-corrected chi connectivity index (χ1v) is 9.55. The van der Waals surface area contributed by atoms with E-state index < -0.39 is 10.0 Å². The lowest BCUT2D eigenvalue weighted by atomic mass is 9.90. The van der Waals surface area contributed by atoms with Gasteiger partial charge in [0.25, 0.3) is 5.91 Å². The molecule has 1 aromatic carbocycles. The summed E-state index contributed by atoms with van der Waals surface area (Å²) in [6.45, 7) is 4.47. The predicted molar refractivity (Wildman–Crippen MR) is 97.1 cm³/mol. The van der Waals surface area contributed by atoms with Gasteiger partial charge in [-0.1, -0.05) is 13.0 Å². The Balaban J connectivity index is 0.00000208. The van der Waals surface area contributed by atoms with Crippen LogP contribution < -0.4 is 10.0 Å². The molecule has 0 aliphatic carbocycles. The summed E-state index contributed by atoms with van der Waals surface area (Å²) in [6, 6.07) is 6.91. The van der Waals surface area contributed by atoms with E-state index in [9.17, 15) is 13.2 Å². The summed E-state index contributed by atoms with van der Waals surface area (Å²) in [5.41, 5.74) is 6.88. The van der Waals surface area contributed by atoms with Gasteiger partial charge in [-0.05, 0) is 43.0 Å². The number of hydrogen-bond acceptors (Lipinski definition) is 4. The van der Waals surface area contributed by atoms with E-state index in [2.05, 4.69) is 6.92 Å². The molecule has 8 heteroatoms. The number of carbonyl (C=O) groups excluding carboxylic acids is 1. The molecule has 1 atom stereocenters. The lowest BCUT2D eigenvalue weighted by molar-refractivity contribution is 0.0777. The molecule has 0 saturated carbocycles. The molecular formula is C16H24ClN3O3S. The molecule has 2 aliphatic rings. The minimum atomic E-state index is -3.23. The maximum atomic E-state index is 12.7. The molecule has 1 amide bonds. The van der Waals surface area contributed by atoms with Crippen LogP contribution in [0.1, 0.15) is 30.1 Å². The molecule has 2 saturated heterocycles. The molecule has 0 aromatic heterocycles. The Morgan fingerprint density at radius 2 is 2.08 bits per heavy atom. The van der Waals surface area contributed by atoms with Crippen LogP contribution in [-0.2, 0) is 10.0 Å². The van der Waals surface area contributed by atoms with Crippen molar-refractivity contribution < 1.29 is 13.2 Å². The Morgan fingerprint density at radius 3 is 2.67 bits per heavy atom. The highest BCUT2D eigenvalue weighted by atomic mass is 35.5. The fraction of sp³-hybridized carbons (Fsp3) is 0.562. The third-order valence-corrected chi connectivity index (χ3v) is 6.69. The topological polar surface area (TPSA) is 83.7 Å². The number of nitrogens with two attached hydrogens (primary N) is 1. The molecule has 24 heavy (non-hydrogen) atoms. The Bertz CT molecular complexity index is 725. The Kier molecular flexibility index (Phi) is 5.47. The number of halogens is 1. The van der Waals surface area contributed by atoms with Crippen LogP contribution in [0.5, 0.6) is 0 Å². The van der Waals surface area contributed by atoms with Gasteiger partial charge in [0.2, 0.25) is 10.0 Å². The second-order valence-electron chi connectivity index (χ2n) is 6.78. The zero-order chi connectivity index (χ0) is 16.7. The lowest BCUT2D eigenvalue weighted by Gasteiger charge is -2.23. The number of carbonyl (C=O) groups is 1. The molecule has 6 nitrogen and oxygen atoms in total. The molecule has 2 heterocycles. The van der Waals surface area contributed by atoms with Crippen LogP contribution >= 0.6 is 12.4 Å². The molecule has 2 aliphatic heterocycles. The van der Waals surface area contributed by atoms with Gasteiger partial charge in [-0.2, -0.15) is 0 Å². The Hall–Kier alpha value is -1.31. The second-order valence-corrected chi connectivity index (χ2v) is 8.80. The standard InChI is InChI=1S/C16H23N3O3S.ClH/c1-16(11-17)6-8-18(12-16)15(20)13-4-2-5-14(10-13)19-7-3-9-23(19,21)22;/h2,4-5,10H,3,6-9,11-12,17H2,1H3;1H. The first-order valence-electron chi connectivity index (χ1n) is 7.94. The van der Waals surface area contributed by atoms with Crippen molar-refractivity contribution in [3.8, 4) is 0 Å². The average molecular weight is 374 g/mol. The van der Waals surface area contributed by atoms with Crippen LogP contribution in [0.4, 0.5) is 5.69 Å². The van der Waals surface area contributed by atoms with Crippen molar-refractivity contribution in [1.82, 2.24) is 4.90 Å². The highest BCUT2D eigenvalue weighted by Gasteiger charge is 2.35. The predicted octanol–water partition coefficient (Wildman–Crippen LogP) is 1.46. The average Bonchev–Trinajstić information content (AvgIpc) is 3.10. The van der Waals surface area contributed by atoms with E-state index >= 15 is 0 Å². The zero-order valence-corrected chi connectivity index (χ0v) is 15.4. The van der Waals surface area contributed by atoms with Crippen LogP contribution in [0.3, 0.4) is 0 Å². The Morgan fingerprint density at radius 1 is 1.33 bits per heavy atom. The van der Waals surface area contributed by atoms with Gasteiger partial charge in [0.15, 0.2) is 0 Å². The molecule has 3 rings (SSSR count). The summed E-state index contributed by atoms with van der Waals surface area (Å²) >= 11 is 0. The lowest BCUT2D eigenvalue weighted by Crippen LogP contribution is -2.34. The summed E-state index contributed by atoms with van der Waals surface area (Å²) in [5.74, 6) is 0.118. The van der Waals surface area contributed by atoms with Crippen molar-refractivity contribution >= 4 is 34.0 Å². The van der Waals surface area contributed by atoms with Gasteiger partial charge in [0.1, 0.15) is 0 Å². The number of amides is 1. The highest BCUT2D eigenvalue weighted by Crippen LogP contribution is 2.30. The largest absolute Gasteiger partial charge is 0.338 e. The fourth-order valence-corrected chi connectivity index (χ4v) is 4.83. The minimum absolute atomic E-state index is 0. The summed E-state index contributed by atoms with van der Waals surface area (Å²) in [5, 5.41) is 0. The van der Waals surface area contributed by atoms with Gasteiger partial charge in [-0.25, -0.2) is 8.42 Å². The molecule has 1 aromatic rings. The van der Waals surface area contributed by atoms with Gasteiger partial charge >= 0.3 is 0 Å². The molecule has 0 bridgehead atoms. The first-order chi connectivity index (χ1) is 10.8. The second kappa shape index (κ2) is 6.90. The van der Waals surface area contributed by atoms with E-state index in [0.717, 1.165) is 6.42 Å². The maximum Gasteiger partial charge on any atom is 0.253 e. The van der Waals surface area contributed by atoms with Crippen molar-refractivity contribution in [3.05, 3.63) is 29.8 Å². The number of hydrogen-bond donors (Lipinski definition) is 1. The van der Waals surface area contributed by atoms with Crippen molar-refractivity contribution in [2.24, 2.45) is 11.1 Å². The fourth-order valence-electron chi connectivity index (χ4n) is 3.27. The van der Waals surface area contributed by atoms with Crippen molar-refractivity contribution in [1.29, 1.82) is 0 Å². The molecule has 134 valence electrons. The minimum Gasteiger partial charge on any atom is -0.338 e. The Labute approximate surface area is 149 Å². The van der Waals surface area contributed by atoms with E-state index in [1.54, 1.807) is 24.3 Å². The molecule has 0 spiro atoms. The van der Waals surface area contributed by atoms with E-state index in [1.165, 1.54) is 4.31 Å². The number of likely N-dealkylation sites (tertiary alicyclic amines) is 1. The third-order valence-electron chi connectivity index (χ3n) is 4.82. The monoisotopic (exact) mass is 373 g/mol. The number of rotatable bonds is 3. The number of sulfonamides is 1. The quantitative estimate of drug-likeness (QED) is 0.869. The molecule has 0 radical (unpaired) electrons. The maximum absolute atomic E-state index is 12.7. The van der Waals surface area contributed by atoms with E-state index in [-0.39, 0.29) is 29.5 Å². The molecule has 1 unspecified atom stereocenters. The van der Waals surface area contributed by atoms with E-state index in [4.69, 9.17) is 5.73 Å². The zero-order valence-electron chi connectivity index (χ0n) is 13.8. The SMILES string of the molecule is CC1(CN)CCN(C(=O)c2cccc(N3CCCS3(=O)=O)c2)C1.Cl. The highest BCUT2D eigenvalue weighted by molar-refractivity contribution is 7.93. The van der Waals surface area contributed by atoms with Gasteiger partial charge in [-0.3, -0.25) is 9.10 Å². The summed E-state index contributed by atoms with van der Waals surface area (Å²) in [6.07, 6.45) is 1.52. The number of anilines is 1. The summed E-state index contributed by atoms with van der Waals surface area (Å²) in [4.78, 5) is 14.5. The van der Waals surface area contributed by atoms with Gasteiger partial charge in [0.05, 0.1) is 11.4 Å². The molecule has 2 fully saturated rings. The number of nitrogens with zero attached hydrogens (tertiary/aromatic N) is 2. The van der Waals surface area contributed by atoms with Crippen LogP contribution in [0.15, 0.2) is 24.3 Å². The smallest absolute Gasteiger partial charge is 0.253 e. The van der Waals surface area contributed by atoms with Crippen LogP contribution in [-0.4, -0.2) is 51.2 Å². The molecular weight excluding hydrogens is 350 g/mol.